The van der Waals surface area contributed by atoms with Gasteiger partial charge in [0, 0.05) is 11.1 Å². The highest BCUT2D eigenvalue weighted by atomic mass is 16.1. The molecule has 0 unspecified atom stereocenters. The second kappa shape index (κ2) is 4.69. The van der Waals surface area contributed by atoms with Gasteiger partial charge in [-0.3, -0.25) is 10.5 Å². The second-order valence-corrected chi connectivity index (χ2v) is 4.69. The number of nitrogens with zero attached hydrogens (tertiary/aromatic N) is 1. The number of hydrogen-bond acceptors (Lipinski definition) is 2. The number of hydrogen-bond donors (Lipinski definition) is 1. The van der Waals surface area contributed by atoms with Crippen LogP contribution < -0.4 is 5.73 Å². The Kier molecular flexibility index (Phi) is 2.88. The number of rotatable bonds is 3. The molecule has 0 fully saturated rings. The van der Waals surface area contributed by atoms with Gasteiger partial charge in [-0.1, -0.05) is 48.5 Å². The fourth-order valence-electron chi connectivity index (χ4n) is 2.40. The summed E-state index contributed by atoms with van der Waals surface area (Å²) in [5.41, 5.74) is 9.06. The van der Waals surface area contributed by atoms with Gasteiger partial charge in [0.25, 0.3) is 5.84 Å². The molecule has 0 spiro atoms. The van der Waals surface area contributed by atoms with Crippen molar-refractivity contribution in [2.75, 3.05) is 6.54 Å². The number of amidine groups is 1. The summed E-state index contributed by atoms with van der Waals surface area (Å²) < 4.78 is 1.93. The molecule has 0 atom stereocenters. The molecule has 0 amide bonds. The predicted molar refractivity (Wildman–Crippen MR) is 74.3 cm³/mol. The van der Waals surface area contributed by atoms with Gasteiger partial charge in [0.15, 0.2) is 0 Å². The number of benzene rings is 2. The van der Waals surface area contributed by atoms with Crippen LogP contribution in [0.15, 0.2) is 54.6 Å². The standard InChI is InChI=1S/C16H14N2O/c17-16-14-9-5-4-8-13(14)10-18(16)11-15(19)12-6-2-1-3-7-12/h1-9,17H,10-11H2/p+1. The minimum atomic E-state index is 0.0938. The summed E-state index contributed by atoms with van der Waals surface area (Å²) in [6.07, 6.45) is 0. The molecule has 2 N–H and O–H groups in total. The van der Waals surface area contributed by atoms with Gasteiger partial charge in [-0.05, 0) is 6.07 Å². The first-order valence-electron chi connectivity index (χ1n) is 6.29. The Balaban J connectivity index is 1.83. The number of carbonyl (C=O) groups excluding carboxylic acids is 1. The predicted octanol–water partition coefficient (Wildman–Crippen LogP) is 1.80. The Labute approximate surface area is 112 Å². The van der Waals surface area contributed by atoms with E-state index >= 15 is 0 Å². The van der Waals surface area contributed by atoms with Crippen molar-refractivity contribution in [3.8, 4) is 0 Å². The molecule has 19 heavy (non-hydrogen) atoms. The molecule has 0 aromatic heterocycles. The lowest BCUT2D eigenvalue weighted by Gasteiger charge is -2.02. The smallest absolute Gasteiger partial charge is 0.276 e. The van der Waals surface area contributed by atoms with Gasteiger partial charge in [0.05, 0.1) is 5.56 Å². The number of ketones is 1. The molecule has 2 aromatic carbocycles. The number of carbonyl (C=O) groups is 1. The molecule has 0 bridgehead atoms. The lowest BCUT2D eigenvalue weighted by Crippen LogP contribution is -2.28. The summed E-state index contributed by atoms with van der Waals surface area (Å²) >= 11 is 0. The zero-order chi connectivity index (χ0) is 13.2. The molecule has 0 saturated carbocycles. The fourth-order valence-corrected chi connectivity index (χ4v) is 2.40. The van der Waals surface area contributed by atoms with Crippen molar-refractivity contribution in [3.05, 3.63) is 71.3 Å². The van der Waals surface area contributed by atoms with Crippen molar-refractivity contribution in [1.29, 1.82) is 0 Å². The molecule has 2 aromatic rings. The Morgan fingerprint density at radius 2 is 1.74 bits per heavy atom. The summed E-state index contributed by atoms with van der Waals surface area (Å²) in [5, 5.41) is 0. The first kappa shape index (κ1) is 11.7. The average molecular weight is 251 g/mol. The number of nitrogens with two attached hydrogens (primary N) is 1. The highest BCUT2D eigenvalue weighted by Crippen LogP contribution is 2.16. The van der Waals surface area contributed by atoms with Gasteiger partial charge in [-0.25, -0.2) is 4.58 Å². The van der Waals surface area contributed by atoms with Crippen molar-refractivity contribution >= 4 is 11.6 Å². The van der Waals surface area contributed by atoms with Gasteiger partial charge >= 0.3 is 0 Å². The zero-order valence-corrected chi connectivity index (χ0v) is 10.5. The molecule has 3 nitrogen and oxygen atoms in total. The molecular formula is C16H15N2O+. The van der Waals surface area contributed by atoms with Crippen molar-refractivity contribution in [3.63, 3.8) is 0 Å². The van der Waals surface area contributed by atoms with Crippen molar-refractivity contribution in [2.24, 2.45) is 5.73 Å². The van der Waals surface area contributed by atoms with Gasteiger partial charge in [0.2, 0.25) is 5.78 Å². The van der Waals surface area contributed by atoms with Crippen LogP contribution in [0, 0.1) is 0 Å². The molecule has 1 heterocycles. The van der Waals surface area contributed by atoms with Gasteiger partial charge in [-0.2, -0.15) is 0 Å². The van der Waals surface area contributed by atoms with Crippen LogP contribution in [0.4, 0.5) is 0 Å². The summed E-state index contributed by atoms with van der Waals surface area (Å²) in [6.45, 7) is 1.03. The Morgan fingerprint density at radius 1 is 1.05 bits per heavy atom. The maximum atomic E-state index is 12.2. The van der Waals surface area contributed by atoms with Gasteiger partial charge in [0.1, 0.15) is 13.1 Å². The van der Waals surface area contributed by atoms with E-state index in [-0.39, 0.29) is 5.78 Å². The van der Waals surface area contributed by atoms with Crippen molar-refractivity contribution in [1.82, 2.24) is 0 Å². The van der Waals surface area contributed by atoms with Gasteiger partial charge < -0.3 is 0 Å². The van der Waals surface area contributed by atoms with Crippen molar-refractivity contribution < 1.29 is 9.37 Å². The third kappa shape index (κ3) is 2.15. The van der Waals surface area contributed by atoms with Crippen LogP contribution in [0.1, 0.15) is 21.5 Å². The monoisotopic (exact) mass is 251 g/mol. The summed E-state index contributed by atoms with van der Waals surface area (Å²) in [4.78, 5) is 12.2. The summed E-state index contributed by atoms with van der Waals surface area (Å²) in [7, 11) is 0. The highest BCUT2D eigenvalue weighted by molar-refractivity contribution is 6.00. The molecule has 94 valence electrons. The van der Waals surface area contributed by atoms with E-state index in [4.69, 9.17) is 5.73 Å². The van der Waals surface area contributed by atoms with Crippen LogP contribution in [-0.4, -0.2) is 22.7 Å². The highest BCUT2D eigenvalue weighted by Gasteiger charge is 2.25. The maximum Gasteiger partial charge on any atom is 0.276 e. The third-order valence-corrected chi connectivity index (χ3v) is 3.43. The van der Waals surface area contributed by atoms with E-state index in [1.807, 2.05) is 53.1 Å². The Hall–Kier alpha value is -2.42. The first-order valence-corrected chi connectivity index (χ1v) is 6.29. The lowest BCUT2D eigenvalue weighted by molar-refractivity contribution is -0.526. The van der Waals surface area contributed by atoms with E-state index in [0.29, 0.717) is 18.9 Å². The molecule has 0 aliphatic carbocycles. The second-order valence-electron chi connectivity index (χ2n) is 4.69. The topological polar surface area (TPSA) is 46.1 Å². The Bertz CT molecular complexity index is 659. The van der Waals surface area contributed by atoms with E-state index in [9.17, 15) is 4.79 Å². The minimum Gasteiger partial charge on any atom is -0.290 e. The van der Waals surface area contributed by atoms with Gasteiger partial charge in [-0.15, -0.1) is 0 Å². The van der Waals surface area contributed by atoms with Crippen LogP contribution in [0.2, 0.25) is 0 Å². The number of fused-ring (bicyclic) bond motifs is 1. The molecule has 1 aliphatic rings. The van der Waals surface area contributed by atoms with Crippen LogP contribution >= 0.6 is 0 Å². The van der Waals surface area contributed by atoms with Crippen LogP contribution in [0.25, 0.3) is 0 Å². The molecule has 3 heteroatoms. The largest absolute Gasteiger partial charge is 0.290 e. The quantitative estimate of drug-likeness (QED) is 0.668. The van der Waals surface area contributed by atoms with E-state index in [0.717, 1.165) is 11.1 Å². The van der Waals surface area contributed by atoms with E-state index < -0.39 is 0 Å². The molecule has 3 rings (SSSR count). The third-order valence-electron chi connectivity index (χ3n) is 3.43. The maximum absolute atomic E-state index is 12.2. The molecule has 0 saturated heterocycles. The average Bonchev–Trinajstić information content (AvgIpc) is 2.77. The molecule has 0 radical (unpaired) electrons. The van der Waals surface area contributed by atoms with E-state index in [1.54, 1.807) is 0 Å². The number of Topliss-reactive ketones (excluding diaryl/α,β-unsaturated/α-hetero) is 1. The first-order chi connectivity index (χ1) is 9.25. The zero-order valence-electron chi connectivity index (χ0n) is 10.5. The summed E-state index contributed by atoms with van der Waals surface area (Å²) in [6, 6.07) is 17.3. The fraction of sp³-hybridized carbons (Fsp3) is 0.125. The SMILES string of the molecule is NC1=[N+](CC(=O)c2ccccc2)Cc2ccccc21. The van der Waals surface area contributed by atoms with E-state index in [1.165, 1.54) is 5.56 Å². The summed E-state index contributed by atoms with van der Waals surface area (Å²) in [5.74, 6) is 0.788. The molecular weight excluding hydrogens is 236 g/mol. The molecule has 1 aliphatic heterocycles. The van der Waals surface area contributed by atoms with Crippen molar-refractivity contribution in [2.45, 2.75) is 6.54 Å². The van der Waals surface area contributed by atoms with E-state index in [2.05, 4.69) is 6.07 Å². The lowest BCUT2D eigenvalue weighted by atomic mass is 10.1. The van der Waals surface area contributed by atoms with Crippen LogP contribution in [-0.2, 0) is 6.54 Å². The van der Waals surface area contributed by atoms with Crippen LogP contribution in [0.5, 0.6) is 0 Å². The Morgan fingerprint density at radius 3 is 2.47 bits per heavy atom. The normalized spacial score (nSPS) is 13.5. The van der Waals surface area contributed by atoms with Crippen LogP contribution in [0.3, 0.4) is 0 Å². The minimum absolute atomic E-state index is 0.0938.